The van der Waals surface area contributed by atoms with Crippen molar-refractivity contribution in [2.24, 2.45) is 0 Å². The summed E-state index contributed by atoms with van der Waals surface area (Å²) in [6.07, 6.45) is 4.78. The summed E-state index contributed by atoms with van der Waals surface area (Å²) in [4.78, 5) is 19.0. The van der Waals surface area contributed by atoms with E-state index >= 15 is 0 Å². The molecule has 3 nitrogen and oxygen atoms in total. The summed E-state index contributed by atoms with van der Waals surface area (Å²) in [6.45, 7) is 0. The van der Waals surface area contributed by atoms with E-state index in [9.17, 15) is 4.79 Å². The molecule has 0 bridgehead atoms. The first-order valence-electron chi connectivity index (χ1n) is 9.42. The fourth-order valence-electron chi connectivity index (χ4n) is 3.83. The van der Waals surface area contributed by atoms with Crippen LogP contribution in [0.15, 0.2) is 97.2 Å². The van der Waals surface area contributed by atoms with Crippen LogP contribution >= 0.6 is 0 Å². The first-order valence-corrected chi connectivity index (χ1v) is 9.42. The molecule has 0 aliphatic heterocycles. The van der Waals surface area contributed by atoms with Gasteiger partial charge in [0, 0.05) is 12.6 Å². The van der Waals surface area contributed by atoms with Gasteiger partial charge in [0.15, 0.2) is 6.29 Å². The van der Waals surface area contributed by atoms with Crippen LogP contribution in [0, 0.1) is 0 Å². The molecule has 1 radical (unpaired) electrons. The lowest BCUT2D eigenvalue weighted by molar-refractivity contribution is 0.551. The molecule has 0 atom stereocenters. The molecule has 0 aliphatic carbocycles. The van der Waals surface area contributed by atoms with Crippen molar-refractivity contribution in [3.63, 3.8) is 0 Å². The molecule has 0 aliphatic rings. The molecular formula is C25H21N2O. The van der Waals surface area contributed by atoms with E-state index in [4.69, 9.17) is 4.98 Å². The average molecular weight is 365 g/mol. The predicted molar refractivity (Wildman–Crippen MR) is 111 cm³/mol. The quantitative estimate of drug-likeness (QED) is 0.477. The van der Waals surface area contributed by atoms with Gasteiger partial charge in [0.25, 0.3) is 0 Å². The molecule has 1 N–H and O–H groups in total. The van der Waals surface area contributed by atoms with Gasteiger partial charge in [-0.25, -0.2) is 4.98 Å². The van der Waals surface area contributed by atoms with Gasteiger partial charge >= 0.3 is 0 Å². The maximum absolute atomic E-state index is 10.7. The highest BCUT2D eigenvalue weighted by molar-refractivity contribution is 5.56. The van der Waals surface area contributed by atoms with Gasteiger partial charge in [-0.05, 0) is 23.1 Å². The number of H-pyrrole nitrogens is 1. The Bertz CT molecular complexity index is 927. The van der Waals surface area contributed by atoms with E-state index < -0.39 is 5.41 Å². The lowest BCUT2D eigenvalue weighted by Crippen LogP contribution is -2.32. The molecule has 0 unspecified atom stereocenters. The van der Waals surface area contributed by atoms with Crippen LogP contribution in [0.2, 0.25) is 0 Å². The number of imidazole rings is 1. The number of hydrogen-bond acceptors (Lipinski definition) is 2. The number of aromatic amines is 1. The normalized spacial score (nSPS) is 11.3. The van der Waals surface area contributed by atoms with Crippen molar-refractivity contribution in [2.75, 3.05) is 0 Å². The van der Waals surface area contributed by atoms with E-state index in [2.05, 4.69) is 77.8 Å². The van der Waals surface area contributed by atoms with Crippen molar-refractivity contribution in [2.45, 2.75) is 18.3 Å². The highest BCUT2D eigenvalue weighted by Gasteiger charge is 2.40. The smallest absolute Gasteiger partial charge is 0.198 e. The molecule has 3 aromatic carbocycles. The Hall–Kier alpha value is -3.46. The number of aryl methyl sites for hydroxylation is 1. The summed E-state index contributed by atoms with van der Waals surface area (Å²) in [5.74, 6) is 0.844. The molecule has 1 heterocycles. The minimum atomic E-state index is -0.576. The summed E-state index contributed by atoms with van der Waals surface area (Å²) in [5.41, 5.74) is 3.69. The standard InChI is InChI=1S/C25H21N2O/c28-18-10-17-23-19-26-24(27-23)25(20-11-4-1-5-12-20,21-13-6-2-7-14-21)22-15-8-3-9-16-22/h1-9,11-16,19H,10,17H2,(H,26,27). The van der Waals surface area contributed by atoms with Gasteiger partial charge in [0.2, 0.25) is 0 Å². The molecule has 0 saturated heterocycles. The second-order valence-electron chi connectivity index (χ2n) is 6.73. The average Bonchev–Trinajstić information content (AvgIpc) is 3.24. The minimum Gasteiger partial charge on any atom is -0.347 e. The van der Waals surface area contributed by atoms with Crippen molar-refractivity contribution >= 4 is 6.29 Å². The van der Waals surface area contributed by atoms with Crippen LogP contribution in [-0.4, -0.2) is 16.3 Å². The number of aromatic nitrogens is 2. The van der Waals surface area contributed by atoms with Gasteiger partial charge in [0.05, 0.1) is 5.69 Å². The van der Waals surface area contributed by atoms with Gasteiger partial charge < -0.3 is 4.98 Å². The second kappa shape index (κ2) is 8.05. The predicted octanol–water partition coefficient (Wildman–Crippen LogP) is 4.83. The van der Waals surface area contributed by atoms with Crippen LogP contribution < -0.4 is 0 Å². The summed E-state index contributed by atoms with van der Waals surface area (Å²) < 4.78 is 0. The van der Waals surface area contributed by atoms with Crippen LogP contribution in [0.1, 0.15) is 34.6 Å². The van der Waals surface area contributed by atoms with Crippen molar-refractivity contribution in [3.8, 4) is 0 Å². The summed E-state index contributed by atoms with van der Waals surface area (Å²) in [5, 5.41) is 0. The van der Waals surface area contributed by atoms with Gasteiger partial charge in [0.1, 0.15) is 11.2 Å². The molecule has 3 heteroatoms. The Balaban J connectivity index is 2.01. The number of nitrogens with one attached hydrogen (secondary N) is 1. The monoisotopic (exact) mass is 365 g/mol. The lowest BCUT2D eigenvalue weighted by atomic mass is 9.69. The molecule has 0 fully saturated rings. The minimum absolute atomic E-state index is 0.347. The Kier molecular flexibility index (Phi) is 5.16. The maximum Gasteiger partial charge on any atom is 0.198 e. The number of benzene rings is 3. The third kappa shape index (κ3) is 3.16. The van der Waals surface area contributed by atoms with Crippen molar-refractivity contribution in [3.05, 3.63) is 125 Å². The Labute approximate surface area is 165 Å². The zero-order chi connectivity index (χ0) is 19.2. The zero-order valence-electron chi connectivity index (χ0n) is 15.5. The first-order chi connectivity index (χ1) is 13.9. The van der Waals surface area contributed by atoms with E-state index in [1.54, 1.807) is 0 Å². The highest BCUT2D eigenvalue weighted by Crippen LogP contribution is 2.43. The second-order valence-corrected chi connectivity index (χ2v) is 6.73. The summed E-state index contributed by atoms with van der Waals surface area (Å²) >= 11 is 0. The van der Waals surface area contributed by atoms with Gasteiger partial charge in [-0.3, -0.25) is 4.79 Å². The van der Waals surface area contributed by atoms with E-state index in [1.807, 2.05) is 30.7 Å². The topological polar surface area (TPSA) is 45.8 Å². The number of hydrogen-bond donors (Lipinski definition) is 1. The van der Waals surface area contributed by atoms with Crippen molar-refractivity contribution in [1.29, 1.82) is 0 Å². The fourth-order valence-corrected chi connectivity index (χ4v) is 3.83. The SMILES string of the molecule is O=[C]CCc1c[nH]c(C(c2ccccc2)(c2ccccc2)c2ccccc2)n1. The molecule has 4 aromatic rings. The molecule has 4 rings (SSSR count). The fraction of sp³-hybridized carbons (Fsp3) is 0.120. The van der Waals surface area contributed by atoms with Crippen LogP contribution in [-0.2, 0) is 16.6 Å². The van der Waals surface area contributed by atoms with Crippen LogP contribution in [0.5, 0.6) is 0 Å². The lowest BCUT2D eigenvalue weighted by Gasteiger charge is -2.34. The van der Waals surface area contributed by atoms with Gasteiger partial charge in [-0.15, -0.1) is 0 Å². The maximum atomic E-state index is 10.7. The first kappa shape index (κ1) is 17.9. The van der Waals surface area contributed by atoms with Crippen LogP contribution in [0.3, 0.4) is 0 Å². The third-order valence-electron chi connectivity index (χ3n) is 5.09. The molecule has 0 saturated carbocycles. The summed E-state index contributed by atoms with van der Waals surface area (Å²) in [6, 6.07) is 31.3. The van der Waals surface area contributed by atoms with E-state index in [-0.39, 0.29) is 0 Å². The highest BCUT2D eigenvalue weighted by atomic mass is 16.1. The van der Waals surface area contributed by atoms with Crippen molar-refractivity contribution < 1.29 is 4.79 Å². The Morgan fingerprint density at radius 3 is 1.64 bits per heavy atom. The number of nitrogens with zero attached hydrogens (tertiary/aromatic N) is 1. The van der Waals surface area contributed by atoms with E-state index in [1.165, 1.54) is 0 Å². The van der Waals surface area contributed by atoms with E-state index in [0.29, 0.717) is 12.8 Å². The number of carbonyl (C=O) groups excluding carboxylic acids is 1. The number of rotatable bonds is 7. The van der Waals surface area contributed by atoms with Crippen LogP contribution in [0.25, 0.3) is 0 Å². The molecule has 0 amide bonds. The molecule has 0 spiro atoms. The molecule has 1 aromatic heterocycles. The third-order valence-corrected chi connectivity index (χ3v) is 5.09. The zero-order valence-corrected chi connectivity index (χ0v) is 15.5. The largest absolute Gasteiger partial charge is 0.347 e. The summed E-state index contributed by atoms with van der Waals surface area (Å²) in [7, 11) is 0. The molecule has 28 heavy (non-hydrogen) atoms. The van der Waals surface area contributed by atoms with Gasteiger partial charge in [-0.2, -0.15) is 0 Å². The van der Waals surface area contributed by atoms with Crippen LogP contribution in [0.4, 0.5) is 0 Å². The van der Waals surface area contributed by atoms with Crippen molar-refractivity contribution in [1.82, 2.24) is 9.97 Å². The van der Waals surface area contributed by atoms with Gasteiger partial charge in [-0.1, -0.05) is 91.0 Å². The Morgan fingerprint density at radius 2 is 1.21 bits per heavy atom. The molecule has 137 valence electrons. The van der Waals surface area contributed by atoms with E-state index in [0.717, 1.165) is 28.2 Å². The Morgan fingerprint density at radius 1 is 0.750 bits per heavy atom. The molecular weight excluding hydrogens is 344 g/mol.